The van der Waals surface area contributed by atoms with Crippen LogP contribution >= 0.6 is 35.4 Å². The second-order valence-electron chi connectivity index (χ2n) is 6.00. The Hall–Kier alpha value is -0.970. The Labute approximate surface area is 139 Å². The van der Waals surface area contributed by atoms with E-state index in [0.717, 1.165) is 0 Å². The van der Waals surface area contributed by atoms with Crippen LogP contribution in [-0.2, 0) is 9.59 Å². The third kappa shape index (κ3) is 3.82. The van der Waals surface area contributed by atoms with Crippen LogP contribution in [0.25, 0.3) is 0 Å². The van der Waals surface area contributed by atoms with Gasteiger partial charge < -0.3 is 5.32 Å². The molecule has 112 valence electrons. The molecule has 0 unspecified atom stereocenters. The number of rotatable bonds is 2. The van der Waals surface area contributed by atoms with Gasteiger partial charge in [0.15, 0.2) is 11.6 Å². The van der Waals surface area contributed by atoms with Gasteiger partial charge in [-0.3, -0.25) is 9.59 Å². The highest BCUT2D eigenvalue weighted by Crippen LogP contribution is 2.35. The molecular weight excluding hydrogens is 329 g/mol. The van der Waals surface area contributed by atoms with Gasteiger partial charge in [-0.2, -0.15) is 0 Å². The molecule has 0 spiro atoms. The Balaban J connectivity index is 2.14. The molecule has 6 heteroatoms. The zero-order chi connectivity index (χ0) is 15.8. The van der Waals surface area contributed by atoms with Crippen LogP contribution in [0.15, 0.2) is 18.2 Å². The second kappa shape index (κ2) is 6.03. The summed E-state index contributed by atoms with van der Waals surface area (Å²) in [6.07, 6.45) is 0.708. The lowest BCUT2D eigenvalue weighted by molar-refractivity contribution is -0.136. The number of thiocarbonyl (C=S) groups is 1. The van der Waals surface area contributed by atoms with Gasteiger partial charge in [-0.05, 0) is 23.6 Å². The van der Waals surface area contributed by atoms with Gasteiger partial charge in [0.1, 0.15) is 5.92 Å². The lowest BCUT2D eigenvalue weighted by Gasteiger charge is -2.32. The second-order valence-corrected chi connectivity index (χ2v) is 7.26. The van der Waals surface area contributed by atoms with Crippen LogP contribution in [-0.4, -0.2) is 16.6 Å². The van der Waals surface area contributed by atoms with E-state index >= 15 is 0 Å². The summed E-state index contributed by atoms with van der Waals surface area (Å²) < 4.78 is 0. The molecule has 0 heterocycles. The third-order valence-electron chi connectivity index (χ3n) is 3.40. The van der Waals surface area contributed by atoms with Crippen LogP contribution in [0.4, 0.5) is 5.69 Å². The van der Waals surface area contributed by atoms with Gasteiger partial charge in [0.05, 0.1) is 15.0 Å². The number of carbonyl (C=O) groups is 2. The van der Waals surface area contributed by atoms with Crippen molar-refractivity contribution in [3.8, 4) is 0 Å². The Morgan fingerprint density at radius 3 is 2.29 bits per heavy atom. The van der Waals surface area contributed by atoms with Crippen molar-refractivity contribution in [3.05, 3.63) is 28.2 Å². The maximum atomic E-state index is 12.2. The van der Waals surface area contributed by atoms with Gasteiger partial charge >= 0.3 is 0 Å². The van der Waals surface area contributed by atoms with E-state index in [0.29, 0.717) is 28.6 Å². The largest absolute Gasteiger partial charge is 0.349 e. The molecule has 0 amide bonds. The Bertz CT molecular complexity index is 608. The van der Waals surface area contributed by atoms with Crippen LogP contribution in [0.1, 0.15) is 26.7 Å². The van der Waals surface area contributed by atoms with Crippen LogP contribution < -0.4 is 5.32 Å². The van der Waals surface area contributed by atoms with E-state index in [1.54, 1.807) is 18.2 Å². The highest BCUT2D eigenvalue weighted by Gasteiger charge is 2.41. The minimum Gasteiger partial charge on any atom is -0.349 e. The monoisotopic (exact) mass is 343 g/mol. The number of ketones is 2. The zero-order valence-electron chi connectivity index (χ0n) is 11.7. The van der Waals surface area contributed by atoms with Gasteiger partial charge in [-0.15, -0.1) is 0 Å². The summed E-state index contributed by atoms with van der Waals surface area (Å²) in [4.78, 5) is 24.6. The van der Waals surface area contributed by atoms with Crippen molar-refractivity contribution in [3.63, 3.8) is 0 Å². The zero-order valence-corrected chi connectivity index (χ0v) is 14.0. The molecule has 1 aliphatic carbocycles. The van der Waals surface area contributed by atoms with Crippen molar-refractivity contribution >= 4 is 57.7 Å². The van der Waals surface area contributed by atoms with Crippen molar-refractivity contribution in [2.24, 2.45) is 11.3 Å². The number of nitrogens with one attached hydrogen (secondary N) is 1. The first-order valence-corrected chi connectivity index (χ1v) is 7.67. The number of hydrogen-bond acceptors (Lipinski definition) is 3. The van der Waals surface area contributed by atoms with Gasteiger partial charge in [0.25, 0.3) is 0 Å². The fourth-order valence-corrected chi connectivity index (χ4v) is 3.15. The molecule has 1 N–H and O–H groups in total. The van der Waals surface area contributed by atoms with Gasteiger partial charge in [-0.25, -0.2) is 0 Å². The maximum absolute atomic E-state index is 12.2. The van der Waals surface area contributed by atoms with E-state index in [2.05, 4.69) is 5.32 Å². The predicted molar refractivity (Wildman–Crippen MR) is 89.2 cm³/mol. The van der Waals surface area contributed by atoms with Crippen molar-refractivity contribution < 1.29 is 9.59 Å². The molecular formula is C15H15Cl2NO2S. The first kappa shape index (κ1) is 16.4. The summed E-state index contributed by atoms with van der Waals surface area (Å²) in [6, 6.07) is 4.93. The number of Topliss-reactive ketones (excluding diaryl/α,β-unsaturated/α-hetero) is 2. The number of halogens is 2. The molecule has 0 aromatic heterocycles. The first-order chi connectivity index (χ1) is 9.69. The van der Waals surface area contributed by atoms with Gasteiger partial charge in [0, 0.05) is 18.5 Å². The molecule has 0 bridgehead atoms. The van der Waals surface area contributed by atoms with Gasteiger partial charge in [-0.1, -0.05) is 49.3 Å². The molecule has 21 heavy (non-hydrogen) atoms. The van der Waals surface area contributed by atoms with Crippen LogP contribution in [0.5, 0.6) is 0 Å². The molecule has 2 rings (SSSR count). The average molecular weight is 344 g/mol. The molecule has 0 saturated heterocycles. The SMILES string of the molecule is CC1(C)CC(=O)C(C(=S)Nc2ccc(Cl)c(Cl)c2)C(=O)C1. The Morgan fingerprint density at radius 1 is 1.19 bits per heavy atom. The highest BCUT2D eigenvalue weighted by atomic mass is 35.5. The fourth-order valence-electron chi connectivity index (χ4n) is 2.47. The van der Waals surface area contributed by atoms with Gasteiger partial charge in [0.2, 0.25) is 0 Å². The van der Waals surface area contributed by atoms with Crippen molar-refractivity contribution in [1.82, 2.24) is 0 Å². The standard InChI is InChI=1S/C15H15Cl2NO2S/c1-15(2)6-11(19)13(12(20)7-15)14(21)18-8-3-4-9(16)10(17)5-8/h3-5,13H,6-7H2,1-2H3,(H,18,21). The van der Waals surface area contributed by atoms with Crippen molar-refractivity contribution in [2.45, 2.75) is 26.7 Å². The third-order valence-corrected chi connectivity index (χ3v) is 4.48. The lowest BCUT2D eigenvalue weighted by Crippen LogP contribution is -2.43. The van der Waals surface area contributed by atoms with E-state index in [4.69, 9.17) is 35.4 Å². The summed E-state index contributed by atoms with van der Waals surface area (Å²) in [7, 11) is 0. The molecule has 0 atom stereocenters. The summed E-state index contributed by atoms with van der Waals surface area (Å²) in [5.41, 5.74) is 0.323. The average Bonchev–Trinajstić information content (AvgIpc) is 2.31. The topological polar surface area (TPSA) is 46.2 Å². The van der Waals surface area contributed by atoms with Crippen molar-refractivity contribution in [1.29, 1.82) is 0 Å². The summed E-state index contributed by atoms with van der Waals surface area (Å²) in [5, 5.41) is 3.73. The lowest BCUT2D eigenvalue weighted by atomic mass is 9.71. The Kier molecular flexibility index (Phi) is 4.71. The summed E-state index contributed by atoms with van der Waals surface area (Å²) >= 11 is 17.0. The minimum absolute atomic E-state index is 0.131. The van der Waals surface area contributed by atoms with Crippen LogP contribution in [0.3, 0.4) is 0 Å². The number of hydrogen-bond donors (Lipinski definition) is 1. The molecule has 1 fully saturated rings. The fraction of sp³-hybridized carbons (Fsp3) is 0.400. The van der Waals surface area contributed by atoms with E-state index < -0.39 is 5.92 Å². The molecule has 1 saturated carbocycles. The van der Waals surface area contributed by atoms with E-state index in [-0.39, 0.29) is 22.0 Å². The summed E-state index contributed by atoms with van der Waals surface area (Å²) in [6.45, 7) is 3.82. The number of anilines is 1. The summed E-state index contributed by atoms with van der Waals surface area (Å²) in [5.74, 6) is -1.12. The Morgan fingerprint density at radius 2 is 1.76 bits per heavy atom. The molecule has 0 radical (unpaired) electrons. The van der Waals surface area contributed by atoms with Crippen molar-refractivity contribution in [2.75, 3.05) is 5.32 Å². The number of benzene rings is 1. The normalized spacial score (nSPS) is 18.7. The highest BCUT2D eigenvalue weighted by molar-refractivity contribution is 7.80. The quantitative estimate of drug-likeness (QED) is 0.642. The van der Waals surface area contributed by atoms with E-state index in [1.165, 1.54) is 0 Å². The molecule has 3 nitrogen and oxygen atoms in total. The van der Waals surface area contributed by atoms with Crippen LogP contribution in [0.2, 0.25) is 10.0 Å². The smallest absolute Gasteiger partial charge is 0.150 e. The predicted octanol–water partition coefficient (Wildman–Crippen LogP) is 4.31. The van der Waals surface area contributed by atoms with E-state index in [9.17, 15) is 9.59 Å². The van der Waals surface area contributed by atoms with Crippen LogP contribution in [0, 0.1) is 11.3 Å². The maximum Gasteiger partial charge on any atom is 0.150 e. The van der Waals surface area contributed by atoms with E-state index in [1.807, 2.05) is 13.8 Å². The first-order valence-electron chi connectivity index (χ1n) is 6.51. The number of carbonyl (C=O) groups excluding carboxylic acids is 2. The molecule has 1 aliphatic rings. The molecule has 1 aromatic carbocycles. The molecule has 1 aromatic rings. The minimum atomic E-state index is -0.859. The molecule has 0 aliphatic heterocycles.